The van der Waals surface area contributed by atoms with Crippen molar-refractivity contribution in [3.63, 3.8) is 0 Å². The lowest BCUT2D eigenvalue weighted by atomic mass is 10.0. The summed E-state index contributed by atoms with van der Waals surface area (Å²) in [6.07, 6.45) is -2.62. The summed E-state index contributed by atoms with van der Waals surface area (Å²) >= 11 is 0. The molecule has 2 N–H and O–H groups in total. The fourth-order valence-corrected chi connectivity index (χ4v) is 1.43. The molecule has 0 aliphatic carbocycles. The molecule has 86 valence electrons. The molecule has 1 aliphatic rings. The first-order chi connectivity index (χ1) is 7.58. The number of carbonyl (C=O) groups excluding carboxylic acids is 1. The van der Waals surface area contributed by atoms with Crippen molar-refractivity contribution in [2.45, 2.75) is 19.4 Å². The second-order valence-corrected chi connectivity index (χ2v) is 3.22. The molecule has 0 fully saturated rings. The van der Waals surface area contributed by atoms with E-state index in [-0.39, 0.29) is 23.5 Å². The highest BCUT2D eigenvalue weighted by Gasteiger charge is 2.37. The van der Waals surface area contributed by atoms with Gasteiger partial charge in [0.1, 0.15) is 35.6 Å². The van der Waals surface area contributed by atoms with E-state index >= 15 is 0 Å². The molecule has 0 saturated carbocycles. The molecule has 0 saturated heterocycles. The number of likely N-dealkylation sites (N-methyl/N-ethyl adjacent to an activating group) is 1. The summed E-state index contributed by atoms with van der Waals surface area (Å²) in [6.45, 7) is 1.89. The fourth-order valence-electron chi connectivity index (χ4n) is 1.43. The lowest BCUT2D eigenvalue weighted by Crippen LogP contribution is -2.47. The lowest BCUT2D eigenvalue weighted by Gasteiger charge is -2.34. The highest BCUT2D eigenvalue weighted by atomic mass is 16.5. The maximum atomic E-state index is 10.7. The minimum absolute atomic E-state index is 0.0851. The van der Waals surface area contributed by atoms with Crippen LogP contribution in [0.4, 0.5) is 0 Å². The summed E-state index contributed by atoms with van der Waals surface area (Å²) in [7, 11) is 1.38. The van der Waals surface area contributed by atoms with Gasteiger partial charge in [0.05, 0.1) is 6.61 Å². The molecule has 0 spiro atoms. The number of ether oxygens (including phenoxy) is 1. The number of aliphatic hydroxyl groups is 2. The van der Waals surface area contributed by atoms with Crippen molar-refractivity contribution < 1.29 is 19.7 Å². The van der Waals surface area contributed by atoms with Crippen LogP contribution in [0.25, 0.3) is 0 Å². The van der Waals surface area contributed by atoms with Gasteiger partial charge in [0.15, 0.2) is 5.76 Å². The zero-order valence-electron chi connectivity index (χ0n) is 8.97. The molecule has 1 heterocycles. The third-order valence-corrected chi connectivity index (χ3v) is 2.30. The molecular formula is C10H12N2O4. The minimum atomic E-state index is -1.33. The van der Waals surface area contributed by atoms with E-state index in [1.165, 1.54) is 13.0 Å². The normalized spacial score (nSPS) is 26.3. The molecule has 16 heavy (non-hydrogen) atoms. The van der Waals surface area contributed by atoms with Crippen molar-refractivity contribution in [1.29, 1.82) is 5.26 Å². The van der Waals surface area contributed by atoms with E-state index in [9.17, 15) is 15.0 Å². The predicted molar refractivity (Wildman–Crippen MR) is 53.2 cm³/mol. The summed E-state index contributed by atoms with van der Waals surface area (Å²) in [4.78, 5) is 11.8. The molecule has 1 rings (SSSR count). The third-order valence-electron chi connectivity index (χ3n) is 2.30. The molecule has 2 unspecified atom stereocenters. The Morgan fingerprint density at radius 3 is 2.56 bits per heavy atom. The van der Waals surface area contributed by atoms with Gasteiger partial charge in [-0.2, -0.15) is 5.26 Å². The molecule has 0 aromatic rings. The molecule has 0 aromatic carbocycles. The quantitative estimate of drug-likeness (QED) is 0.593. The van der Waals surface area contributed by atoms with Crippen molar-refractivity contribution in [2.75, 3.05) is 13.7 Å². The molecular weight excluding hydrogens is 212 g/mol. The first kappa shape index (κ1) is 12.4. The standard InChI is InChI=1S/C10H12N2O4/c1-3-16-8-6(4-11)9(14)12(2)10(15)7(8)5-13/h9-10,14-15H,3H2,1-2H3. The van der Waals surface area contributed by atoms with Crippen molar-refractivity contribution >= 4 is 5.94 Å². The van der Waals surface area contributed by atoms with E-state index in [0.717, 1.165) is 4.90 Å². The first-order valence-electron chi connectivity index (χ1n) is 4.68. The van der Waals surface area contributed by atoms with Gasteiger partial charge in [-0.25, -0.2) is 9.69 Å². The van der Waals surface area contributed by atoms with Crippen molar-refractivity contribution in [3.8, 4) is 6.07 Å². The predicted octanol–water partition coefficient (Wildman–Crippen LogP) is -0.859. The Labute approximate surface area is 92.7 Å². The van der Waals surface area contributed by atoms with Crippen LogP contribution >= 0.6 is 0 Å². The zero-order chi connectivity index (χ0) is 12.3. The maximum absolute atomic E-state index is 10.7. The van der Waals surface area contributed by atoms with Crippen LogP contribution in [0.15, 0.2) is 16.9 Å². The van der Waals surface area contributed by atoms with Crippen molar-refractivity contribution in [1.82, 2.24) is 4.90 Å². The summed E-state index contributed by atoms with van der Waals surface area (Å²) in [6, 6.07) is 1.76. The van der Waals surface area contributed by atoms with Crippen LogP contribution in [0.2, 0.25) is 0 Å². The largest absolute Gasteiger partial charge is 0.491 e. The molecule has 2 atom stereocenters. The van der Waals surface area contributed by atoms with E-state index in [0.29, 0.717) is 0 Å². The topological polar surface area (TPSA) is 93.8 Å². The van der Waals surface area contributed by atoms with Gasteiger partial charge in [0.2, 0.25) is 0 Å². The highest BCUT2D eigenvalue weighted by Crippen LogP contribution is 2.28. The van der Waals surface area contributed by atoms with E-state index in [1.54, 1.807) is 13.0 Å². The van der Waals surface area contributed by atoms with Crippen LogP contribution < -0.4 is 0 Å². The number of hydrogen-bond acceptors (Lipinski definition) is 6. The Kier molecular flexibility index (Phi) is 3.82. The minimum Gasteiger partial charge on any atom is -0.491 e. The van der Waals surface area contributed by atoms with Crippen LogP contribution in [-0.4, -0.2) is 47.2 Å². The van der Waals surface area contributed by atoms with E-state index in [2.05, 4.69) is 0 Å². The molecule has 0 bridgehead atoms. The van der Waals surface area contributed by atoms with Crippen LogP contribution in [0, 0.1) is 11.3 Å². The Bertz CT molecular complexity index is 404. The zero-order valence-corrected chi connectivity index (χ0v) is 8.97. The number of aliphatic hydroxyl groups excluding tert-OH is 2. The van der Waals surface area contributed by atoms with Crippen molar-refractivity contribution in [2.24, 2.45) is 0 Å². The van der Waals surface area contributed by atoms with Gasteiger partial charge in [-0.15, -0.1) is 0 Å². The summed E-state index contributed by atoms with van der Waals surface area (Å²) < 4.78 is 5.09. The molecule has 6 heteroatoms. The molecule has 0 radical (unpaired) electrons. The van der Waals surface area contributed by atoms with Crippen LogP contribution in [-0.2, 0) is 9.53 Å². The second-order valence-electron chi connectivity index (χ2n) is 3.22. The van der Waals surface area contributed by atoms with Gasteiger partial charge >= 0.3 is 0 Å². The molecule has 0 aromatic heterocycles. The van der Waals surface area contributed by atoms with Gasteiger partial charge in [0.25, 0.3) is 0 Å². The van der Waals surface area contributed by atoms with Crippen molar-refractivity contribution in [3.05, 3.63) is 16.9 Å². The Balaban J connectivity index is 3.35. The Hall–Kier alpha value is -1.64. The molecule has 6 nitrogen and oxygen atoms in total. The van der Waals surface area contributed by atoms with E-state index < -0.39 is 12.5 Å². The molecule has 0 amide bonds. The first-order valence-corrected chi connectivity index (χ1v) is 4.68. The lowest BCUT2D eigenvalue weighted by molar-refractivity contribution is -0.0597. The van der Waals surface area contributed by atoms with Gasteiger partial charge in [-0.1, -0.05) is 0 Å². The maximum Gasteiger partial charge on any atom is 0.155 e. The Morgan fingerprint density at radius 1 is 1.50 bits per heavy atom. The second kappa shape index (κ2) is 4.92. The highest BCUT2D eigenvalue weighted by molar-refractivity contribution is 5.64. The van der Waals surface area contributed by atoms with Gasteiger partial charge < -0.3 is 14.9 Å². The molecule has 1 aliphatic heterocycles. The third kappa shape index (κ3) is 1.85. The average Bonchev–Trinajstić information content (AvgIpc) is 2.28. The SMILES string of the molecule is CCOC1=C(C#N)C(O)N(C)C(O)C1=C=O. The summed E-state index contributed by atoms with van der Waals surface area (Å²) in [5.41, 5.74) is -0.279. The van der Waals surface area contributed by atoms with E-state index in [4.69, 9.17) is 10.00 Å². The average molecular weight is 224 g/mol. The Morgan fingerprint density at radius 2 is 2.12 bits per heavy atom. The summed E-state index contributed by atoms with van der Waals surface area (Å²) in [5, 5.41) is 28.2. The fraction of sp³-hybridized carbons (Fsp3) is 0.500. The smallest absolute Gasteiger partial charge is 0.155 e. The monoisotopic (exact) mass is 224 g/mol. The number of nitriles is 1. The van der Waals surface area contributed by atoms with Crippen LogP contribution in [0.1, 0.15) is 6.92 Å². The number of nitrogens with zero attached hydrogens (tertiary/aromatic N) is 2. The van der Waals surface area contributed by atoms with Gasteiger partial charge in [-0.05, 0) is 14.0 Å². The summed E-state index contributed by atoms with van der Waals surface area (Å²) in [5.74, 6) is 1.45. The van der Waals surface area contributed by atoms with Gasteiger partial charge in [-0.3, -0.25) is 0 Å². The van der Waals surface area contributed by atoms with Gasteiger partial charge in [0, 0.05) is 0 Å². The van der Waals surface area contributed by atoms with E-state index in [1.807, 2.05) is 0 Å². The van der Waals surface area contributed by atoms with Crippen LogP contribution in [0.3, 0.4) is 0 Å². The van der Waals surface area contributed by atoms with Crippen LogP contribution in [0.5, 0.6) is 0 Å². The number of rotatable bonds is 2. The number of hydrogen-bond donors (Lipinski definition) is 2.